The van der Waals surface area contributed by atoms with Gasteiger partial charge in [0.1, 0.15) is 10.7 Å². The number of benzene rings is 1. The molecule has 1 amide bonds. The summed E-state index contributed by atoms with van der Waals surface area (Å²) < 4.78 is 3.91. The molecule has 8 nitrogen and oxygen atoms in total. The molecule has 0 aliphatic carbocycles. The fraction of sp³-hybridized carbons (Fsp3) is 0.381. The highest BCUT2D eigenvalue weighted by molar-refractivity contribution is 7.08. The monoisotopic (exact) mass is 423 g/mol. The van der Waals surface area contributed by atoms with Gasteiger partial charge in [-0.25, -0.2) is 4.98 Å². The first kappa shape index (κ1) is 20.2. The quantitative estimate of drug-likeness (QED) is 0.588. The van der Waals surface area contributed by atoms with Crippen LogP contribution in [0.5, 0.6) is 0 Å². The Morgan fingerprint density at radius 1 is 1.13 bits per heavy atom. The zero-order valence-corrected chi connectivity index (χ0v) is 18.0. The Bertz CT molecular complexity index is 1010. The first-order valence-electron chi connectivity index (χ1n) is 10.2. The summed E-state index contributed by atoms with van der Waals surface area (Å²) in [6.45, 7) is 6.05. The van der Waals surface area contributed by atoms with Crippen molar-refractivity contribution in [3.8, 4) is 0 Å². The Hall–Kier alpha value is -3.07. The normalized spacial score (nSPS) is 13.5. The summed E-state index contributed by atoms with van der Waals surface area (Å²) in [7, 11) is 0. The number of hydrogen-bond donors (Lipinski definition) is 2. The maximum absolute atomic E-state index is 12.5. The number of carbonyl (C=O) groups excluding carboxylic acids is 1. The van der Waals surface area contributed by atoms with Gasteiger partial charge in [-0.15, -0.1) is 5.10 Å². The van der Waals surface area contributed by atoms with Crippen LogP contribution in [0, 0.1) is 6.92 Å². The third-order valence-electron chi connectivity index (χ3n) is 4.90. The predicted molar refractivity (Wildman–Crippen MR) is 120 cm³/mol. The zero-order chi connectivity index (χ0) is 20.9. The van der Waals surface area contributed by atoms with Crippen molar-refractivity contribution in [3.05, 3.63) is 46.6 Å². The van der Waals surface area contributed by atoms with Gasteiger partial charge in [0.25, 0.3) is 5.91 Å². The van der Waals surface area contributed by atoms with Crippen molar-refractivity contribution in [2.45, 2.75) is 39.5 Å². The number of aromatic nitrogens is 4. The van der Waals surface area contributed by atoms with Gasteiger partial charge in [-0.2, -0.15) is 4.98 Å². The van der Waals surface area contributed by atoms with Crippen LogP contribution in [0.15, 0.2) is 30.3 Å². The molecule has 3 heterocycles. The van der Waals surface area contributed by atoms with Crippen molar-refractivity contribution in [3.63, 3.8) is 0 Å². The highest BCUT2D eigenvalue weighted by atomic mass is 32.1. The summed E-state index contributed by atoms with van der Waals surface area (Å²) in [6.07, 6.45) is 4.05. The number of anilines is 4. The lowest BCUT2D eigenvalue weighted by molar-refractivity contribution is 0.102. The van der Waals surface area contributed by atoms with Crippen LogP contribution in [0.4, 0.5) is 23.1 Å². The predicted octanol–water partition coefficient (Wildman–Crippen LogP) is 4.19. The fourth-order valence-electron chi connectivity index (χ4n) is 3.43. The summed E-state index contributed by atoms with van der Waals surface area (Å²) in [5.74, 6) is 1.37. The van der Waals surface area contributed by atoms with E-state index in [1.165, 1.54) is 12.8 Å². The van der Waals surface area contributed by atoms with Crippen LogP contribution in [0.3, 0.4) is 0 Å². The summed E-state index contributed by atoms with van der Waals surface area (Å²) in [4.78, 5) is 24.6. The molecule has 4 rings (SSSR count). The second-order valence-corrected chi connectivity index (χ2v) is 8.10. The first-order valence-corrected chi connectivity index (χ1v) is 11.0. The third-order valence-corrected chi connectivity index (χ3v) is 5.66. The second kappa shape index (κ2) is 9.17. The maximum atomic E-state index is 12.5. The number of rotatable bonds is 7. The van der Waals surface area contributed by atoms with Gasteiger partial charge >= 0.3 is 0 Å². The van der Waals surface area contributed by atoms with Crippen LogP contribution in [0.25, 0.3) is 0 Å². The highest BCUT2D eigenvalue weighted by Crippen LogP contribution is 2.23. The molecule has 3 aromatic rings. The van der Waals surface area contributed by atoms with Gasteiger partial charge in [-0.3, -0.25) is 4.79 Å². The number of nitrogens with zero attached hydrogens (tertiary/aromatic N) is 5. The van der Waals surface area contributed by atoms with Gasteiger partial charge in [-0.1, -0.05) is 17.8 Å². The van der Waals surface area contributed by atoms with Crippen LogP contribution in [-0.4, -0.2) is 38.6 Å². The molecule has 0 radical (unpaired) electrons. The molecule has 2 aromatic heterocycles. The Kier molecular flexibility index (Phi) is 6.18. The molecule has 0 spiro atoms. The fourth-order valence-corrected chi connectivity index (χ4v) is 4.03. The molecule has 1 fully saturated rings. The molecule has 9 heteroatoms. The van der Waals surface area contributed by atoms with E-state index in [0.717, 1.165) is 72.0 Å². The minimum absolute atomic E-state index is 0.171. The molecular formula is C21H25N7OS. The highest BCUT2D eigenvalue weighted by Gasteiger charge is 2.17. The van der Waals surface area contributed by atoms with Crippen molar-refractivity contribution < 1.29 is 4.79 Å². The third kappa shape index (κ3) is 4.73. The average molecular weight is 424 g/mol. The van der Waals surface area contributed by atoms with E-state index in [9.17, 15) is 4.79 Å². The van der Waals surface area contributed by atoms with Gasteiger partial charge in [-0.05, 0) is 62.0 Å². The number of amides is 1. The molecule has 0 saturated carbocycles. The van der Waals surface area contributed by atoms with Crippen LogP contribution >= 0.6 is 11.5 Å². The van der Waals surface area contributed by atoms with E-state index in [0.29, 0.717) is 4.88 Å². The van der Waals surface area contributed by atoms with Crippen LogP contribution < -0.4 is 15.5 Å². The summed E-state index contributed by atoms with van der Waals surface area (Å²) in [6, 6.07) is 9.50. The maximum Gasteiger partial charge on any atom is 0.269 e. The molecule has 0 atom stereocenters. The molecule has 1 saturated heterocycles. The lowest BCUT2D eigenvalue weighted by Gasteiger charge is -2.17. The van der Waals surface area contributed by atoms with E-state index in [-0.39, 0.29) is 5.91 Å². The molecule has 0 unspecified atom stereocenters. The molecule has 30 heavy (non-hydrogen) atoms. The summed E-state index contributed by atoms with van der Waals surface area (Å²) in [5.41, 5.74) is 3.30. The van der Waals surface area contributed by atoms with E-state index >= 15 is 0 Å². The minimum Gasteiger partial charge on any atom is -0.341 e. The smallest absolute Gasteiger partial charge is 0.269 e. The molecule has 2 N–H and O–H groups in total. The molecule has 1 aliphatic heterocycles. The minimum atomic E-state index is -0.171. The van der Waals surface area contributed by atoms with Crippen molar-refractivity contribution in [2.75, 3.05) is 28.6 Å². The number of nitrogens with one attached hydrogen (secondary N) is 2. The van der Waals surface area contributed by atoms with E-state index < -0.39 is 0 Å². The molecular weight excluding hydrogens is 398 g/mol. The molecule has 156 valence electrons. The average Bonchev–Trinajstić information content (AvgIpc) is 3.41. The topological polar surface area (TPSA) is 95.9 Å². The number of hydrogen-bond acceptors (Lipinski definition) is 8. The number of aryl methyl sites for hydroxylation is 2. The Morgan fingerprint density at radius 3 is 2.60 bits per heavy atom. The van der Waals surface area contributed by atoms with Crippen LogP contribution in [0.2, 0.25) is 0 Å². The van der Waals surface area contributed by atoms with E-state index in [4.69, 9.17) is 0 Å². The largest absolute Gasteiger partial charge is 0.341 e. The molecule has 0 bridgehead atoms. The lowest BCUT2D eigenvalue weighted by Crippen LogP contribution is -2.21. The molecule has 1 aliphatic rings. The van der Waals surface area contributed by atoms with Gasteiger partial charge in [0.05, 0.1) is 5.69 Å². The SMILES string of the molecule is CCCc1nnsc1C(=O)Nc1ccc(Nc2cc(C)nc(N3CCCC3)n2)cc1. The first-order chi connectivity index (χ1) is 14.6. The van der Waals surface area contributed by atoms with E-state index in [1.54, 1.807) is 0 Å². The van der Waals surface area contributed by atoms with Crippen molar-refractivity contribution >= 4 is 40.6 Å². The van der Waals surface area contributed by atoms with Crippen LogP contribution in [-0.2, 0) is 6.42 Å². The van der Waals surface area contributed by atoms with Crippen molar-refractivity contribution in [1.29, 1.82) is 0 Å². The Morgan fingerprint density at radius 2 is 1.87 bits per heavy atom. The van der Waals surface area contributed by atoms with Crippen molar-refractivity contribution in [1.82, 2.24) is 19.6 Å². The van der Waals surface area contributed by atoms with E-state index in [2.05, 4.69) is 42.0 Å². The van der Waals surface area contributed by atoms with Gasteiger partial charge < -0.3 is 15.5 Å². The summed E-state index contributed by atoms with van der Waals surface area (Å²) in [5, 5.41) is 10.3. The standard InChI is InChI=1S/C21H25N7OS/c1-3-6-17-19(30-27-26-17)20(29)24-16-9-7-15(8-10-16)23-18-13-14(2)22-21(25-18)28-11-4-5-12-28/h7-10,13H,3-6,11-12H2,1-2H3,(H,24,29)(H,22,23,25). The Balaban J connectivity index is 1.42. The molecule has 1 aromatic carbocycles. The Labute approximate surface area is 179 Å². The summed E-state index contributed by atoms with van der Waals surface area (Å²) >= 11 is 1.13. The van der Waals surface area contributed by atoms with Gasteiger partial charge in [0, 0.05) is 36.2 Å². The van der Waals surface area contributed by atoms with Gasteiger partial charge in [0.2, 0.25) is 5.95 Å². The van der Waals surface area contributed by atoms with Crippen LogP contribution in [0.1, 0.15) is 47.2 Å². The van der Waals surface area contributed by atoms with Crippen molar-refractivity contribution in [2.24, 2.45) is 0 Å². The number of carbonyl (C=O) groups is 1. The lowest BCUT2D eigenvalue weighted by atomic mass is 10.2. The van der Waals surface area contributed by atoms with Gasteiger partial charge in [0.15, 0.2) is 0 Å². The van der Waals surface area contributed by atoms with E-state index in [1.807, 2.05) is 37.3 Å². The second-order valence-electron chi connectivity index (χ2n) is 7.34. The zero-order valence-electron chi connectivity index (χ0n) is 17.2.